The Bertz CT molecular complexity index is 478. The Balaban J connectivity index is 2.59. The van der Waals surface area contributed by atoms with E-state index < -0.39 is 18.4 Å². The Hall–Kier alpha value is -1.79. The molecule has 0 atom stereocenters. The lowest BCUT2D eigenvalue weighted by Crippen LogP contribution is -2.47. The van der Waals surface area contributed by atoms with Crippen molar-refractivity contribution in [3.8, 4) is 0 Å². The molecule has 0 radical (unpaired) electrons. The van der Waals surface area contributed by atoms with Gasteiger partial charge in [-0.25, -0.2) is 9.97 Å². The Labute approximate surface area is 103 Å². The lowest BCUT2D eigenvalue weighted by Gasteiger charge is -2.28. The molecule has 0 aliphatic carbocycles. The molecule has 98 valence electrons. The average molecular weight is 256 g/mol. The molecule has 0 unspecified atom stereocenters. The molecule has 1 aliphatic rings. The number of fused-ring (bicyclic) bond motifs is 1. The molecule has 0 N–H and O–H groups in total. The minimum absolute atomic E-state index is 0.191. The van der Waals surface area contributed by atoms with E-state index >= 15 is 0 Å². The maximum atomic E-state index is 13.8. The number of rotatable bonds is 1. The first kappa shape index (κ1) is 12.7. The number of alkyl halides is 2. The molecular formula is C11H14F2N4O. The number of hydrogen-bond acceptors (Lipinski definition) is 4. The molecule has 0 fully saturated rings. The number of anilines is 2. The zero-order valence-corrected chi connectivity index (χ0v) is 10.4. The van der Waals surface area contributed by atoms with Crippen molar-refractivity contribution in [2.75, 3.05) is 23.4 Å². The molecule has 0 bridgehead atoms. The number of carbonyl (C=O) groups is 1. The van der Waals surface area contributed by atoms with Gasteiger partial charge < -0.3 is 9.80 Å². The van der Waals surface area contributed by atoms with Gasteiger partial charge in [-0.2, -0.15) is 8.78 Å². The number of halogens is 2. The van der Waals surface area contributed by atoms with Crippen molar-refractivity contribution in [2.45, 2.75) is 25.8 Å². The summed E-state index contributed by atoms with van der Waals surface area (Å²) in [7, 11) is 1.31. The van der Waals surface area contributed by atoms with E-state index in [1.54, 1.807) is 13.8 Å². The molecule has 0 saturated carbocycles. The summed E-state index contributed by atoms with van der Waals surface area (Å²) < 4.78 is 27.6. The second kappa shape index (κ2) is 4.15. The summed E-state index contributed by atoms with van der Waals surface area (Å²) in [5, 5.41) is 0. The van der Waals surface area contributed by atoms with Crippen molar-refractivity contribution < 1.29 is 13.6 Å². The van der Waals surface area contributed by atoms with Gasteiger partial charge in [0.2, 0.25) is 0 Å². The standard InChI is InChI=1S/C11H14F2N4O/c1-7(2)17-5-11(12,13)10(18)16(3)8-4-14-6-15-9(8)17/h4,6-7H,5H2,1-3H3. The second-order valence-corrected chi connectivity index (χ2v) is 4.52. The third-order valence-corrected chi connectivity index (χ3v) is 2.92. The van der Waals surface area contributed by atoms with Gasteiger partial charge in [0.1, 0.15) is 12.0 Å². The zero-order valence-electron chi connectivity index (χ0n) is 10.4. The van der Waals surface area contributed by atoms with Crippen LogP contribution >= 0.6 is 0 Å². The highest BCUT2D eigenvalue weighted by atomic mass is 19.3. The van der Waals surface area contributed by atoms with E-state index in [0.717, 1.165) is 4.90 Å². The predicted molar refractivity (Wildman–Crippen MR) is 62.9 cm³/mol. The van der Waals surface area contributed by atoms with E-state index in [9.17, 15) is 13.6 Å². The first-order chi connectivity index (χ1) is 8.34. The smallest absolute Gasteiger partial charge is 0.342 e. The van der Waals surface area contributed by atoms with Crippen LogP contribution in [0.2, 0.25) is 0 Å². The third-order valence-electron chi connectivity index (χ3n) is 2.92. The largest absolute Gasteiger partial charge is 0.346 e. The predicted octanol–water partition coefficient (Wildman–Crippen LogP) is 1.30. The number of amides is 1. The Kier molecular flexibility index (Phi) is 2.92. The van der Waals surface area contributed by atoms with Crippen molar-refractivity contribution in [3.05, 3.63) is 12.5 Å². The molecule has 0 saturated heterocycles. The van der Waals surface area contributed by atoms with Crippen LogP contribution in [0.1, 0.15) is 13.8 Å². The molecule has 1 aromatic heterocycles. The van der Waals surface area contributed by atoms with Gasteiger partial charge in [-0.3, -0.25) is 4.79 Å². The number of carbonyl (C=O) groups excluding carboxylic acids is 1. The molecule has 7 heteroatoms. The molecule has 2 rings (SSSR count). The summed E-state index contributed by atoms with van der Waals surface area (Å²) >= 11 is 0. The van der Waals surface area contributed by atoms with E-state index in [2.05, 4.69) is 9.97 Å². The van der Waals surface area contributed by atoms with Gasteiger partial charge in [0.05, 0.1) is 12.7 Å². The van der Waals surface area contributed by atoms with Crippen LogP contribution in [0.3, 0.4) is 0 Å². The normalized spacial score (nSPS) is 18.9. The highest BCUT2D eigenvalue weighted by Crippen LogP contribution is 2.35. The summed E-state index contributed by atoms with van der Waals surface area (Å²) in [5.41, 5.74) is 0.299. The van der Waals surface area contributed by atoms with Crippen molar-refractivity contribution in [1.82, 2.24) is 9.97 Å². The van der Waals surface area contributed by atoms with Gasteiger partial charge in [-0.15, -0.1) is 0 Å². The zero-order chi connectivity index (χ0) is 13.5. The minimum atomic E-state index is -3.43. The SMILES string of the molecule is CC(C)N1CC(F)(F)C(=O)N(C)c2cncnc21. The lowest BCUT2D eigenvalue weighted by molar-refractivity contribution is -0.140. The van der Waals surface area contributed by atoms with Crippen LogP contribution in [-0.4, -0.2) is 41.4 Å². The highest BCUT2D eigenvalue weighted by molar-refractivity contribution is 6.01. The van der Waals surface area contributed by atoms with Gasteiger partial charge in [-0.1, -0.05) is 0 Å². The van der Waals surface area contributed by atoms with Crippen LogP contribution in [0.15, 0.2) is 12.5 Å². The summed E-state index contributed by atoms with van der Waals surface area (Å²) in [6, 6.07) is -0.191. The first-order valence-corrected chi connectivity index (χ1v) is 5.57. The summed E-state index contributed by atoms with van der Waals surface area (Å²) in [6.07, 6.45) is 2.66. The van der Waals surface area contributed by atoms with E-state index in [1.165, 1.54) is 24.5 Å². The molecule has 5 nitrogen and oxygen atoms in total. The number of aromatic nitrogens is 2. The Morgan fingerprint density at radius 2 is 2.11 bits per heavy atom. The molecule has 1 aliphatic heterocycles. The maximum Gasteiger partial charge on any atom is 0.342 e. The van der Waals surface area contributed by atoms with Gasteiger partial charge in [0, 0.05) is 13.1 Å². The van der Waals surface area contributed by atoms with E-state index in [-0.39, 0.29) is 6.04 Å². The Morgan fingerprint density at radius 3 is 2.72 bits per heavy atom. The fourth-order valence-electron chi connectivity index (χ4n) is 1.91. The second-order valence-electron chi connectivity index (χ2n) is 4.52. The number of hydrogen-bond donors (Lipinski definition) is 0. The van der Waals surface area contributed by atoms with E-state index in [0.29, 0.717) is 11.5 Å². The van der Waals surface area contributed by atoms with Gasteiger partial charge in [0.15, 0.2) is 5.82 Å². The average Bonchev–Trinajstić information content (AvgIpc) is 2.40. The summed E-state index contributed by atoms with van der Waals surface area (Å²) in [6.45, 7) is 2.88. The molecule has 1 aromatic rings. The molecule has 18 heavy (non-hydrogen) atoms. The van der Waals surface area contributed by atoms with Crippen LogP contribution in [0.4, 0.5) is 20.3 Å². The minimum Gasteiger partial charge on any atom is -0.346 e. The Morgan fingerprint density at radius 1 is 1.44 bits per heavy atom. The molecule has 0 spiro atoms. The molecule has 1 amide bonds. The molecule has 0 aromatic carbocycles. The van der Waals surface area contributed by atoms with Crippen molar-refractivity contribution >= 4 is 17.4 Å². The third kappa shape index (κ3) is 1.89. The van der Waals surface area contributed by atoms with Crippen LogP contribution in [0, 0.1) is 0 Å². The van der Waals surface area contributed by atoms with Gasteiger partial charge in [-0.05, 0) is 13.8 Å². The van der Waals surface area contributed by atoms with Gasteiger partial charge in [0.25, 0.3) is 5.91 Å². The highest BCUT2D eigenvalue weighted by Gasteiger charge is 2.47. The number of nitrogens with zero attached hydrogens (tertiary/aromatic N) is 4. The van der Waals surface area contributed by atoms with Crippen molar-refractivity contribution in [2.24, 2.45) is 0 Å². The molecular weight excluding hydrogens is 242 g/mol. The first-order valence-electron chi connectivity index (χ1n) is 5.57. The quantitative estimate of drug-likeness (QED) is 0.760. The summed E-state index contributed by atoms with van der Waals surface area (Å²) in [4.78, 5) is 21.8. The lowest BCUT2D eigenvalue weighted by atomic mass is 10.2. The fourth-order valence-corrected chi connectivity index (χ4v) is 1.91. The van der Waals surface area contributed by atoms with Crippen LogP contribution in [0.25, 0.3) is 0 Å². The van der Waals surface area contributed by atoms with Crippen LogP contribution < -0.4 is 9.80 Å². The van der Waals surface area contributed by atoms with Crippen LogP contribution in [-0.2, 0) is 4.79 Å². The van der Waals surface area contributed by atoms with Gasteiger partial charge >= 0.3 is 5.92 Å². The molecule has 2 heterocycles. The van der Waals surface area contributed by atoms with Crippen molar-refractivity contribution in [3.63, 3.8) is 0 Å². The van der Waals surface area contributed by atoms with E-state index in [1.807, 2.05) is 0 Å². The summed E-state index contributed by atoms with van der Waals surface area (Å²) in [5.74, 6) is -4.31. The topological polar surface area (TPSA) is 49.3 Å². The monoisotopic (exact) mass is 256 g/mol. The van der Waals surface area contributed by atoms with Crippen LogP contribution in [0.5, 0.6) is 0 Å². The maximum absolute atomic E-state index is 13.8. The fraction of sp³-hybridized carbons (Fsp3) is 0.545. The van der Waals surface area contributed by atoms with E-state index in [4.69, 9.17) is 0 Å². The van der Waals surface area contributed by atoms with Crippen molar-refractivity contribution in [1.29, 1.82) is 0 Å².